The third kappa shape index (κ3) is 2.78. The summed E-state index contributed by atoms with van der Waals surface area (Å²) < 4.78 is 12.3. The summed E-state index contributed by atoms with van der Waals surface area (Å²) in [7, 11) is -0.797. The highest BCUT2D eigenvalue weighted by molar-refractivity contribution is 7.85. The van der Waals surface area contributed by atoms with E-state index in [2.05, 4.69) is 26.0 Å². The van der Waals surface area contributed by atoms with Crippen molar-refractivity contribution < 1.29 is 4.21 Å². The lowest BCUT2D eigenvalue weighted by atomic mass is 10.1. The van der Waals surface area contributed by atoms with Gasteiger partial charge in [-0.15, -0.1) is 0 Å². The summed E-state index contributed by atoms with van der Waals surface area (Å²) in [5.41, 5.74) is 8.68. The van der Waals surface area contributed by atoms with Gasteiger partial charge in [-0.2, -0.15) is 0 Å². The highest BCUT2D eigenvalue weighted by Crippen LogP contribution is 2.32. The molecule has 0 saturated heterocycles. The summed E-state index contributed by atoms with van der Waals surface area (Å²) in [5, 5.41) is 0.117. The minimum Gasteiger partial charge on any atom is -0.323 e. The van der Waals surface area contributed by atoms with Crippen molar-refractivity contribution in [3.05, 3.63) is 35.4 Å². The normalized spacial score (nSPS) is 24.9. The molecule has 2 rings (SSSR count). The molecule has 0 spiro atoms. The summed E-state index contributed by atoms with van der Waals surface area (Å²) in [6.45, 7) is 4.33. The average molecular weight is 251 g/mol. The number of benzene rings is 1. The van der Waals surface area contributed by atoms with E-state index < -0.39 is 10.8 Å². The molecule has 0 aliphatic heterocycles. The van der Waals surface area contributed by atoms with E-state index in [9.17, 15) is 4.21 Å². The Balaban J connectivity index is 2.04. The van der Waals surface area contributed by atoms with E-state index >= 15 is 0 Å². The molecule has 3 atom stereocenters. The van der Waals surface area contributed by atoms with Crippen LogP contribution in [0, 0.1) is 5.92 Å². The van der Waals surface area contributed by atoms with Gasteiger partial charge in [-0.05, 0) is 29.9 Å². The number of nitrogens with two attached hydrogens (primary N) is 1. The van der Waals surface area contributed by atoms with Crippen molar-refractivity contribution in [2.24, 2.45) is 11.7 Å². The molecule has 0 amide bonds. The molecule has 1 aromatic rings. The molecule has 2 N–H and O–H groups in total. The van der Waals surface area contributed by atoms with Gasteiger partial charge >= 0.3 is 0 Å². The lowest BCUT2D eigenvalue weighted by molar-refractivity contribution is 0.607. The monoisotopic (exact) mass is 251 g/mol. The maximum Gasteiger partial charge on any atom is 0.0581 e. The van der Waals surface area contributed by atoms with Crippen molar-refractivity contribution >= 4 is 10.8 Å². The van der Waals surface area contributed by atoms with Gasteiger partial charge in [-0.1, -0.05) is 38.1 Å². The van der Waals surface area contributed by atoms with Crippen molar-refractivity contribution in [1.82, 2.24) is 0 Å². The van der Waals surface area contributed by atoms with Crippen LogP contribution in [-0.2, 0) is 17.2 Å². The van der Waals surface area contributed by atoms with Gasteiger partial charge in [0.1, 0.15) is 0 Å². The highest BCUT2D eigenvalue weighted by Gasteiger charge is 2.33. The van der Waals surface area contributed by atoms with Crippen LogP contribution in [0.15, 0.2) is 24.3 Å². The first-order valence-electron chi connectivity index (χ1n) is 6.30. The van der Waals surface area contributed by atoms with E-state index in [4.69, 9.17) is 5.73 Å². The van der Waals surface area contributed by atoms with Gasteiger partial charge in [-0.25, -0.2) is 0 Å². The quantitative estimate of drug-likeness (QED) is 0.893. The second kappa shape index (κ2) is 5.32. The van der Waals surface area contributed by atoms with Crippen LogP contribution in [0.3, 0.4) is 0 Å². The van der Waals surface area contributed by atoms with Crippen LogP contribution in [0.2, 0.25) is 0 Å². The zero-order valence-corrected chi connectivity index (χ0v) is 11.4. The summed E-state index contributed by atoms with van der Waals surface area (Å²) >= 11 is 0. The Labute approximate surface area is 106 Å². The van der Waals surface area contributed by atoms with Crippen molar-refractivity contribution in [3.8, 4) is 0 Å². The van der Waals surface area contributed by atoms with Crippen LogP contribution in [0.5, 0.6) is 0 Å². The predicted molar refractivity (Wildman–Crippen MR) is 73.3 cm³/mol. The van der Waals surface area contributed by atoms with E-state index in [-0.39, 0.29) is 11.3 Å². The smallest absolute Gasteiger partial charge is 0.0581 e. The van der Waals surface area contributed by atoms with Crippen molar-refractivity contribution in [3.63, 3.8) is 0 Å². The SMILES string of the molecule is CC(C)CCS(=O)C1Cc2ccccc2C1N. The minimum absolute atomic E-state index is 0.0424. The molecular formula is C14H21NOS. The number of hydrogen-bond acceptors (Lipinski definition) is 2. The van der Waals surface area contributed by atoms with E-state index in [0.29, 0.717) is 5.92 Å². The molecule has 2 nitrogen and oxygen atoms in total. The van der Waals surface area contributed by atoms with Gasteiger partial charge in [0, 0.05) is 22.6 Å². The number of hydrogen-bond donors (Lipinski definition) is 1. The standard InChI is InChI=1S/C14H21NOS/c1-10(2)7-8-17(16)13-9-11-5-3-4-6-12(11)14(13)15/h3-6,10,13-14H,7-9,15H2,1-2H3. The highest BCUT2D eigenvalue weighted by atomic mass is 32.2. The molecule has 1 aromatic carbocycles. The minimum atomic E-state index is -0.797. The third-order valence-corrected chi connectivity index (χ3v) is 5.24. The first kappa shape index (κ1) is 12.8. The van der Waals surface area contributed by atoms with E-state index in [0.717, 1.165) is 18.6 Å². The van der Waals surface area contributed by atoms with Crippen LogP contribution in [0.1, 0.15) is 37.4 Å². The van der Waals surface area contributed by atoms with Gasteiger partial charge in [-0.3, -0.25) is 4.21 Å². The van der Waals surface area contributed by atoms with E-state index in [1.807, 2.05) is 12.1 Å². The Bertz CT molecular complexity index is 416. The van der Waals surface area contributed by atoms with Crippen LogP contribution < -0.4 is 5.73 Å². The Morgan fingerprint density at radius 1 is 1.41 bits per heavy atom. The maximum atomic E-state index is 12.3. The Morgan fingerprint density at radius 2 is 2.12 bits per heavy atom. The summed E-state index contributed by atoms with van der Waals surface area (Å²) in [6.07, 6.45) is 1.90. The first-order chi connectivity index (χ1) is 8.09. The predicted octanol–water partition coefficient (Wildman–Crippen LogP) is 2.41. The summed E-state index contributed by atoms with van der Waals surface area (Å²) in [6, 6.07) is 8.18. The molecular weight excluding hydrogens is 230 g/mol. The van der Waals surface area contributed by atoms with Gasteiger partial charge < -0.3 is 5.73 Å². The number of fused-ring (bicyclic) bond motifs is 1. The lowest BCUT2D eigenvalue weighted by Gasteiger charge is -2.16. The van der Waals surface area contributed by atoms with Gasteiger partial charge in [0.15, 0.2) is 0 Å². The van der Waals surface area contributed by atoms with Crippen molar-refractivity contribution in [1.29, 1.82) is 0 Å². The first-order valence-corrected chi connectivity index (χ1v) is 7.68. The lowest BCUT2D eigenvalue weighted by Crippen LogP contribution is -2.28. The number of rotatable bonds is 4. The van der Waals surface area contributed by atoms with E-state index in [1.165, 1.54) is 11.1 Å². The van der Waals surface area contributed by atoms with Crippen LogP contribution >= 0.6 is 0 Å². The molecule has 0 aromatic heterocycles. The fourth-order valence-corrected chi connectivity index (χ4v) is 4.19. The fraction of sp³-hybridized carbons (Fsp3) is 0.571. The van der Waals surface area contributed by atoms with Crippen molar-refractivity contribution in [2.45, 2.75) is 38.0 Å². The topological polar surface area (TPSA) is 43.1 Å². The molecule has 1 aliphatic carbocycles. The summed E-state index contributed by atoms with van der Waals surface area (Å²) in [5.74, 6) is 1.39. The molecule has 17 heavy (non-hydrogen) atoms. The molecule has 0 fully saturated rings. The van der Waals surface area contributed by atoms with Gasteiger partial charge in [0.25, 0.3) is 0 Å². The molecule has 3 heteroatoms. The molecule has 0 radical (unpaired) electrons. The van der Waals surface area contributed by atoms with Crippen LogP contribution in [0.25, 0.3) is 0 Å². The molecule has 1 aliphatic rings. The Morgan fingerprint density at radius 3 is 2.76 bits per heavy atom. The molecule has 0 heterocycles. The third-order valence-electron chi connectivity index (χ3n) is 3.47. The maximum absolute atomic E-state index is 12.3. The van der Waals surface area contributed by atoms with Gasteiger partial charge in [0.05, 0.1) is 5.25 Å². The largest absolute Gasteiger partial charge is 0.323 e. The molecule has 94 valence electrons. The van der Waals surface area contributed by atoms with Crippen LogP contribution in [0.4, 0.5) is 0 Å². The molecule has 0 saturated carbocycles. The second-order valence-electron chi connectivity index (χ2n) is 5.23. The summed E-state index contributed by atoms with van der Waals surface area (Å²) in [4.78, 5) is 0. The molecule has 3 unspecified atom stereocenters. The zero-order chi connectivity index (χ0) is 12.4. The second-order valence-corrected chi connectivity index (χ2v) is 7.01. The average Bonchev–Trinajstić information content (AvgIpc) is 2.64. The Hall–Kier alpha value is -0.670. The molecule has 0 bridgehead atoms. The zero-order valence-electron chi connectivity index (χ0n) is 10.6. The fourth-order valence-electron chi connectivity index (χ4n) is 2.35. The Kier molecular flexibility index (Phi) is 4.00. The van der Waals surface area contributed by atoms with E-state index in [1.54, 1.807) is 0 Å². The van der Waals surface area contributed by atoms with Crippen molar-refractivity contribution in [2.75, 3.05) is 5.75 Å². The van der Waals surface area contributed by atoms with Gasteiger partial charge in [0.2, 0.25) is 0 Å². The van der Waals surface area contributed by atoms with Crippen LogP contribution in [-0.4, -0.2) is 15.2 Å².